The predicted octanol–water partition coefficient (Wildman–Crippen LogP) is 4.15. The maximum absolute atomic E-state index is 11.6. The maximum atomic E-state index is 11.6. The molecule has 0 aromatic rings. The molecule has 1 aliphatic heterocycles. The summed E-state index contributed by atoms with van der Waals surface area (Å²) in [5.41, 5.74) is 0. The first-order chi connectivity index (χ1) is 8.58. The number of cyclic esters (lactones) is 1. The van der Waals surface area contributed by atoms with Crippen molar-refractivity contribution in [3.05, 3.63) is 0 Å². The van der Waals surface area contributed by atoms with Gasteiger partial charge in [-0.15, -0.1) is 0 Å². The van der Waals surface area contributed by atoms with Crippen molar-refractivity contribution in [2.75, 3.05) is 4.43 Å². The molecule has 3 atom stereocenters. The van der Waals surface area contributed by atoms with Gasteiger partial charge in [0.05, 0.1) is 12.0 Å². The summed E-state index contributed by atoms with van der Waals surface area (Å²) < 4.78 is 13.0. The fourth-order valence-corrected chi connectivity index (χ4v) is 3.96. The van der Waals surface area contributed by atoms with Gasteiger partial charge < -0.3 is 9.16 Å². The van der Waals surface area contributed by atoms with Crippen LogP contribution in [0.5, 0.6) is 0 Å². The molecular formula is C14H27IO3Si. The molecule has 0 amide bonds. The van der Waals surface area contributed by atoms with Crippen molar-refractivity contribution < 1.29 is 14.0 Å². The summed E-state index contributed by atoms with van der Waals surface area (Å²) in [7, 11) is -1.81. The first-order valence-corrected chi connectivity index (χ1v) is 11.5. The Morgan fingerprint density at radius 1 is 1.47 bits per heavy atom. The minimum atomic E-state index is -1.81. The average Bonchev–Trinajstić information content (AvgIpc) is 2.57. The predicted molar refractivity (Wildman–Crippen MR) is 89.2 cm³/mol. The standard InChI is InChI=1S/C14H27IO3Si/c1-10-9-12(17-13(10)16)11(7-8-15)18-19(5,6)14(2,3)4/h10-12H,7-9H2,1-6H3/t10-,11+,12+/m0/s1. The highest BCUT2D eigenvalue weighted by Crippen LogP contribution is 2.39. The minimum absolute atomic E-state index is 0.0183. The van der Waals surface area contributed by atoms with E-state index in [-0.39, 0.29) is 29.1 Å². The number of ether oxygens (including phenoxy) is 1. The molecule has 0 N–H and O–H groups in total. The van der Waals surface area contributed by atoms with E-state index < -0.39 is 8.32 Å². The summed E-state index contributed by atoms with van der Waals surface area (Å²) in [5, 5.41) is 0.185. The maximum Gasteiger partial charge on any atom is 0.309 e. The van der Waals surface area contributed by atoms with Crippen LogP contribution in [-0.4, -0.2) is 30.9 Å². The van der Waals surface area contributed by atoms with E-state index in [4.69, 9.17) is 9.16 Å². The van der Waals surface area contributed by atoms with Crippen molar-refractivity contribution in [1.82, 2.24) is 0 Å². The van der Waals surface area contributed by atoms with E-state index in [9.17, 15) is 4.79 Å². The third-order valence-corrected chi connectivity index (χ3v) is 9.44. The van der Waals surface area contributed by atoms with Crippen LogP contribution in [-0.2, 0) is 14.0 Å². The zero-order chi connectivity index (χ0) is 14.8. The van der Waals surface area contributed by atoms with Crippen molar-refractivity contribution in [1.29, 1.82) is 0 Å². The topological polar surface area (TPSA) is 35.5 Å². The Kier molecular flexibility index (Phi) is 5.90. The van der Waals surface area contributed by atoms with E-state index in [2.05, 4.69) is 56.5 Å². The molecule has 19 heavy (non-hydrogen) atoms. The number of carbonyl (C=O) groups is 1. The summed E-state index contributed by atoms with van der Waals surface area (Å²) in [5.74, 6) is -0.0491. The number of hydrogen-bond donors (Lipinski definition) is 0. The molecule has 0 aromatic heterocycles. The summed E-state index contributed by atoms with van der Waals surface area (Å²) in [6.45, 7) is 13.2. The second kappa shape index (κ2) is 6.43. The highest BCUT2D eigenvalue weighted by molar-refractivity contribution is 14.1. The van der Waals surface area contributed by atoms with E-state index in [1.165, 1.54) is 0 Å². The van der Waals surface area contributed by atoms with Crippen molar-refractivity contribution in [2.45, 2.75) is 70.9 Å². The SMILES string of the molecule is C[C@H]1C[C@H]([C@@H](CCI)O[Si](C)(C)C(C)(C)C)OC1=O. The zero-order valence-corrected chi connectivity index (χ0v) is 16.1. The molecule has 112 valence electrons. The number of carbonyl (C=O) groups excluding carboxylic acids is 1. The normalized spacial score (nSPS) is 26.4. The molecule has 3 nitrogen and oxygen atoms in total. The Morgan fingerprint density at radius 2 is 2.05 bits per heavy atom. The molecule has 0 bridgehead atoms. The van der Waals surface area contributed by atoms with Gasteiger partial charge in [0.15, 0.2) is 8.32 Å². The van der Waals surface area contributed by atoms with Gasteiger partial charge in [-0.25, -0.2) is 0 Å². The number of halogens is 1. The fourth-order valence-electron chi connectivity index (χ4n) is 1.97. The van der Waals surface area contributed by atoms with Gasteiger partial charge in [0.2, 0.25) is 0 Å². The van der Waals surface area contributed by atoms with Gasteiger partial charge in [0, 0.05) is 4.43 Å². The van der Waals surface area contributed by atoms with E-state index in [1.807, 2.05) is 6.92 Å². The van der Waals surface area contributed by atoms with Gasteiger partial charge in [0.25, 0.3) is 0 Å². The molecule has 0 spiro atoms. The largest absolute Gasteiger partial charge is 0.459 e. The van der Waals surface area contributed by atoms with Crippen LogP contribution in [0.1, 0.15) is 40.5 Å². The van der Waals surface area contributed by atoms with Gasteiger partial charge in [-0.05, 0) is 31.0 Å². The van der Waals surface area contributed by atoms with Gasteiger partial charge in [0.1, 0.15) is 6.10 Å². The van der Waals surface area contributed by atoms with Gasteiger partial charge in [-0.2, -0.15) is 0 Å². The van der Waals surface area contributed by atoms with Crippen LogP contribution in [0.2, 0.25) is 18.1 Å². The number of alkyl halides is 1. The summed E-state index contributed by atoms with van der Waals surface area (Å²) >= 11 is 2.37. The second-order valence-corrected chi connectivity index (χ2v) is 12.8. The lowest BCUT2D eigenvalue weighted by molar-refractivity contribution is -0.147. The number of hydrogen-bond acceptors (Lipinski definition) is 3. The molecule has 0 radical (unpaired) electrons. The van der Waals surface area contributed by atoms with E-state index >= 15 is 0 Å². The molecule has 0 aliphatic carbocycles. The van der Waals surface area contributed by atoms with Crippen molar-refractivity contribution in [3.8, 4) is 0 Å². The molecule has 1 heterocycles. The smallest absolute Gasteiger partial charge is 0.309 e. The number of rotatable bonds is 5. The Morgan fingerprint density at radius 3 is 2.42 bits per heavy atom. The third kappa shape index (κ3) is 4.42. The molecular weight excluding hydrogens is 371 g/mol. The second-order valence-electron chi connectivity index (χ2n) is 7.01. The summed E-state index contributed by atoms with van der Waals surface area (Å²) in [6.07, 6.45) is 1.77. The fraction of sp³-hybridized carbons (Fsp3) is 0.929. The van der Waals surface area contributed by atoms with Gasteiger partial charge in [-0.1, -0.05) is 50.3 Å². The molecule has 1 fully saturated rings. The number of esters is 1. The van der Waals surface area contributed by atoms with Crippen LogP contribution >= 0.6 is 22.6 Å². The Hall–Kier alpha value is 0.377. The zero-order valence-electron chi connectivity index (χ0n) is 13.0. The van der Waals surface area contributed by atoms with Gasteiger partial charge in [-0.3, -0.25) is 4.79 Å². The molecule has 0 aromatic carbocycles. The van der Waals surface area contributed by atoms with E-state index in [0.717, 1.165) is 17.3 Å². The molecule has 1 saturated heterocycles. The minimum Gasteiger partial charge on any atom is -0.459 e. The monoisotopic (exact) mass is 398 g/mol. The van der Waals surface area contributed by atoms with Crippen molar-refractivity contribution in [2.24, 2.45) is 5.92 Å². The summed E-state index contributed by atoms with van der Waals surface area (Å²) in [4.78, 5) is 11.6. The van der Waals surface area contributed by atoms with Crippen LogP contribution in [0, 0.1) is 5.92 Å². The Labute approximate surface area is 132 Å². The lowest BCUT2D eigenvalue weighted by Gasteiger charge is -2.40. The van der Waals surface area contributed by atoms with Crippen LogP contribution < -0.4 is 0 Å². The van der Waals surface area contributed by atoms with Gasteiger partial charge >= 0.3 is 5.97 Å². The average molecular weight is 398 g/mol. The third-order valence-electron chi connectivity index (χ3n) is 4.32. The van der Waals surface area contributed by atoms with Crippen LogP contribution in [0.4, 0.5) is 0 Å². The molecule has 0 unspecified atom stereocenters. The van der Waals surface area contributed by atoms with Crippen LogP contribution in [0.25, 0.3) is 0 Å². The highest BCUT2D eigenvalue weighted by Gasteiger charge is 2.43. The molecule has 1 rings (SSSR count). The lowest BCUT2D eigenvalue weighted by atomic mass is 10.0. The van der Waals surface area contributed by atoms with Crippen LogP contribution in [0.15, 0.2) is 0 Å². The van der Waals surface area contributed by atoms with Crippen molar-refractivity contribution in [3.63, 3.8) is 0 Å². The van der Waals surface area contributed by atoms with E-state index in [1.54, 1.807) is 0 Å². The Balaban J connectivity index is 2.76. The highest BCUT2D eigenvalue weighted by atomic mass is 127. The van der Waals surface area contributed by atoms with Crippen LogP contribution in [0.3, 0.4) is 0 Å². The molecule has 0 saturated carbocycles. The van der Waals surface area contributed by atoms with Crippen molar-refractivity contribution >= 4 is 36.9 Å². The summed E-state index contributed by atoms with van der Waals surface area (Å²) in [6, 6.07) is 0. The quantitative estimate of drug-likeness (QED) is 0.302. The van der Waals surface area contributed by atoms with E-state index in [0.29, 0.717) is 0 Å². The molecule has 5 heteroatoms. The Bertz CT molecular complexity index is 325. The first kappa shape index (κ1) is 17.4. The first-order valence-electron chi connectivity index (χ1n) is 7.03. The molecule has 1 aliphatic rings. The lowest BCUT2D eigenvalue weighted by Crippen LogP contribution is -2.47.